The highest BCUT2D eigenvalue weighted by atomic mass is 127. The molecule has 0 saturated heterocycles. The highest BCUT2D eigenvalue weighted by Gasteiger charge is 2.02. The van der Waals surface area contributed by atoms with Crippen molar-refractivity contribution in [3.63, 3.8) is 0 Å². The second-order valence-corrected chi connectivity index (χ2v) is 5.58. The SMILES string of the molecule is CCN(CCCBr)Cc1ccc(I)cc1. The van der Waals surface area contributed by atoms with Crippen molar-refractivity contribution in [3.8, 4) is 0 Å². The first-order valence-electron chi connectivity index (χ1n) is 5.29. The third-order valence-corrected chi connectivity index (χ3v) is 3.65. The number of halogens is 2. The summed E-state index contributed by atoms with van der Waals surface area (Å²) in [4.78, 5) is 2.48. The second kappa shape index (κ2) is 7.63. The van der Waals surface area contributed by atoms with E-state index in [1.165, 1.54) is 22.1 Å². The number of alkyl halides is 1. The zero-order valence-electron chi connectivity index (χ0n) is 9.05. The van der Waals surface area contributed by atoms with Crippen molar-refractivity contribution in [3.05, 3.63) is 33.4 Å². The summed E-state index contributed by atoms with van der Waals surface area (Å²) in [5.41, 5.74) is 1.41. The quantitative estimate of drug-likeness (QED) is 0.533. The van der Waals surface area contributed by atoms with E-state index >= 15 is 0 Å². The maximum Gasteiger partial charge on any atom is 0.0233 e. The summed E-state index contributed by atoms with van der Waals surface area (Å²) >= 11 is 5.82. The first-order valence-corrected chi connectivity index (χ1v) is 7.49. The van der Waals surface area contributed by atoms with Gasteiger partial charge in [0, 0.05) is 15.4 Å². The molecule has 1 nitrogen and oxygen atoms in total. The standard InChI is InChI=1S/C12H17BrIN/c1-2-15(9-3-8-13)10-11-4-6-12(14)7-5-11/h4-7H,2-3,8-10H2,1H3. The zero-order chi connectivity index (χ0) is 11.1. The predicted molar refractivity (Wildman–Crippen MR) is 78.5 cm³/mol. The van der Waals surface area contributed by atoms with Gasteiger partial charge in [-0.05, 0) is 59.8 Å². The van der Waals surface area contributed by atoms with Gasteiger partial charge < -0.3 is 0 Å². The van der Waals surface area contributed by atoms with Crippen molar-refractivity contribution >= 4 is 38.5 Å². The Morgan fingerprint density at radius 3 is 2.47 bits per heavy atom. The summed E-state index contributed by atoms with van der Waals surface area (Å²) in [6.45, 7) is 5.59. The van der Waals surface area contributed by atoms with Crippen LogP contribution in [0.15, 0.2) is 24.3 Å². The molecule has 1 aromatic carbocycles. The van der Waals surface area contributed by atoms with E-state index in [2.05, 4.69) is 74.6 Å². The molecule has 0 N–H and O–H groups in total. The fraction of sp³-hybridized carbons (Fsp3) is 0.500. The summed E-state index contributed by atoms with van der Waals surface area (Å²) < 4.78 is 1.31. The van der Waals surface area contributed by atoms with E-state index in [1.54, 1.807) is 0 Å². The Morgan fingerprint density at radius 2 is 1.93 bits per heavy atom. The van der Waals surface area contributed by atoms with Crippen LogP contribution in [0, 0.1) is 3.57 Å². The average molecular weight is 382 g/mol. The molecule has 0 saturated carbocycles. The van der Waals surface area contributed by atoms with Gasteiger partial charge in [0.05, 0.1) is 0 Å². The van der Waals surface area contributed by atoms with E-state index in [0.29, 0.717) is 0 Å². The van der Waals surface area contributed by atoms with Crippen LogP contribution < -0.4 is 0 Å². The van der Waals surface area contributed by atoms with E-state index in [-0.39, 0.29) is 0 Å². The molecule has 3 heteroatoms. The van der Waals surface area contributed by atoms with Crippen LogP contribution in [0.5, 0.6) is 0 Å². The minimum absolute atomic E-state index is 1.07. The molecule has 0 heterocycles. The summed E-state index contributed by atoms with van der Waals surface area (Å²) in [6, 6.07) is 8.79. The molecule has 0 aromatic heterocycles. The molecule has 0 fully saturated rings. The molecule has 0 atom stereocenters. The predicted octanol–water partition coefficient (Wildman–Crippen LogP) is 3.90. The van der Waals surface area contributed by atoms with Gasteiger partial charge in [0.1, 0.15) is 0 Å². The van der Waals surface area contributed by atoms with Gasteiger partial charge in [0.15, 0.2) is 0 Å². The number of hydrogen-bond acceptors (Lipinski definition) is 1. The van der Waals surface area contributed by atoms with Crippen molar-refractivity contribution in [2.24, 2.45) is 0 Å². The van der Waals surface area contributed by atoms with E-state index in [4.69, 9.17) is 0 Å². The van der Waals surface area contributed by atoms with Crippen LogP contribution in [0.1, 0.15) is 18.9 Å². The molecule has 0 bridgehead atoms. The molecule has 0 radical (unpaired) electrons. The lowest BCUT2D eigenvalue weighted by atomic mass is 10.2. The van der Waals surface area contributed by atoms with Gasteiger partial charge in [-0.25, -0.2) is 0 Å². The Bertz CT molecular complexity index is 273. The fourth-order valence-corrected chi connectivity index (χ4v) is 2.09. The molecule has 84 valence electrons. The number of hydrogen-bond donors (Lipinski definition) is 0. The number of benzene rings is 1. The Hall–Kier alpha value is 0.390. The Morgan fingerprint density at radius 1 is 1.27 bits per heavy atom. The van der Waals surface area contributed by atoms with Crippen LogP contribution in [0.3, 0.4) is 0 Å². The van der Waals surface area contributed by atoms with Crippen molar-refractivity contribution in [1.82, 2.24) is 4.90 Å². The number of rotatable bonds is 6. The maximum atomic E-state index is 3.47. The number of nitrogens with zero attached hydrogens (tertiary/aromatic N) is 1. The molecular weight excluding hydrogens is 365 g/mol. The van der Waals surface area contributed by atoms with Crippen LogP contribution in [-0.4, -0.2) is 23.3 Å². The monoisotopic (exact) mass is 381 g/mol. The van der Waals surface area contributed by atoms with E-state index in [0.717, 1.165) is 18.4 Å². The van der Waals surface area contributed by atoms with Crippen LogP contribution in [0.4, 0.5) is 0 Å². The largest absolute Gasteiger partial charge is 0.299 e. The minimum Gasteiger partial charge on any atom is -0.299 e. The Kier molecular flexibility index (Phi) is 6.84. The lowest BCUT2D eigenvalue weighted by Gasteiger charge is -2.19. The molecule has 0 aliphatic heterocycles. The topological polar surface area (TPSA) is 3.24 Å². The van der Waals surface area contributed by atoms with Crippen LogP contribution in [-0.2, 0) is 6.54 Å². The minimum atomic E-state index is 1.07. The molecule has 0 aliphatic rings. The molecule has 0 amide bonds. The zero-order valence-corrected chi connectivity index (χ0v) is 12.8. The van der Waals surface area contributed by atoms with Crippen LogP contribution in [0.25, 0.3) is 0 Å². The van der Waals surface area contributed by atoms with Gasteiger partial charge in [0.2, 0.25) is 0 Å². The highest BCUT2D eigenvalue weighted by molar-refractivity contribution is 14.1. The molecule has 0 aliphatic carbocycles. The second-order valence-electron chi connectivity index (χ2n) is 3.54. The van der Waals surface area contributed by atoms with Gasteiger partial charge in [-0.3, -0.25) is 4.90 Å². The van der Waals surface area contributed by atoms with Crippen LogP contribution >= 0.6 is 38.5 Å². The average Bonchev–Trinajstić information content (AvgIpc) is 2.27. The molecule has 1 aromatic rings. The fourth-order valence-electron chi connectivity index (χ4n) is 1.48. The van der Waals surface area contributed by atoms with Crippen molar-refractivity contribution in [2.75, 3.05) is 18.4 Å². The van der Waals surface area contributed by atoms with Gasteiger partial charge >= 0.3 is 0 Å². The Labute approximate surface area is 115 Å². The highest BCUT2D eigenvalue weighted by Crippen LogP contribution is 2.09. The van der Waals surface area contributed by atoms with E-state index < -0.39 is 0 Å². The molecule has 1 rings (SSSR count). The van der Waals surface area contributed by atoms with E-state index in [1.807, 2.05) is 0 Å². The van der Waals surface area contributed by atoms with Gasteiger partial charge in [-0.1, -0.05) is 35.0 Å². The first kappa shape index (κ1) is 13.5. The third kappa shape index (κ3) is 5.31. The van der Waals surface area contributed by atoms with Gasteiger partial charge in [-0.15, -0.1) is 0 Å². The summed E-state index contributed by atoms with van der Waals surface area (Å²) in [5, 5.41) is 1.09. The molecular formula is C12H17BrIN. The summed E-state index contributed by atoms with van der Waals surface area (Å²) in [5.74, 6) is 0. The molecule has 0 spiro atoms. The maximum absolute atomic E-state index is 3.47. The van der Waals surface area contributed by atoms with E-state index in [9.17, 15) is 0 Å². The first-order chi connectivity index (χ1) is 7.26. The van der Waals surface area contributed by atoms with Crippen molar-refractivity contribution in [1.29, 1.82) is 0 Å². The van der Waals surface area contributed by atoms with Crippen LogP contribution in [0.2, 0.25) is 0 Å². The van der Waals surface area contributed by atoms with Crippen molar-refractivity contribution < 1.29 is 0 Å². The summed E-state index contributed by atoms with van der Waals surface area (Å²) in [7, 11) is 0. The normalized spacial score (nSPS) is 10.9. The Balaban J connectivity index is 2.47. The lowest BCUT2D eigenvalue weighted by Crippen LogP contribution is -2.24. The summed E-state index contributed by atoms with van der Waals surface area (Å²) in [6.07, 6.45) is 1.22. The van der Waals surface area contributed by atoms with Crippen molar-refractivity contribution in [2.45, 2.75) is 19.9 Å². The lowest BCUT2D eigenvalue weighted by molar-refractivity contribution is 0.282. The molecule has 0 unspecified atom stereocenters. The molecule has 15 heavy (non-hydrogen) atoms. The third-order valence-electron chi connectivity index (χ3n) is 2.37. The van der Waals surface area contributed by atoms with Gasteiger partial charge in [0.25, 0.3) is 0 Å². The smallest absolute Gasteiger partial charge is 0.0233 e. The van der Waals surface area contributed by atoms with Gasteiger partial charge in [-0.2, -0.15) is 0 Å².